The Kier molecular flexibility index (Phi) is 6.27. The van der Waals surface area contributed by atoms with Gasteiger partial charge in [-0.25, -0.2) is 4.68 Å². The smallest absolute Gasteiger partial charge is 0.260 e. The lowest BCUT2D eigenvalue weighted by Gasteiger charge is -2.36. The van der Waals surface area contributed by atoms with Crippen LogP contribution in [0, 0.1) is 13.8 Å². The second-order valence-electron chi connectivity index (χ2n) is 8.66. The van der Waals surface area contributed by atoms with E-state index in [1.807, 2.05) is 84.1 Å². The van der Waals surface area contributed by atoms with Crippen LogP contribution in [0.4, 0.5) is 5.69 Å². The van der Waals surface area contributed by atoms with E-state index in [1.165, 1.54) is 0 Å². The topological polar surface area (TPSA) is 72.7 Å². The third-order valence-corrected chi connectivity index (χ3v) is 6.40. The number of piperazine rings is 1. The van der Waals surface area contributed by atoms with Gasteiger partial charge in [0.15, 0.2) is 12.3 Å². The van der Waals surface area contributed by atoms with Crippen LogP contribution < -0.4 is 14.4 Å². The Bertz CT molecular complexity index is 1330. The molecule has 5 rings (SSSR count). The van der Waals surface area contributed by atoms with E-state index in [0.29, 0.717) is 19.0 Å². The van der Waals surface area contributed by atoms with Crippen molar-refractivity contribution >= 4 is 22.6 Å². The molecule has 1 aliphatic heterocycles. The molecule has 0 spiro atoms. The number of hydrogen-bond acceptors (Lipinski definition) is 6. The molecule has 8 heteroatoms. The number of aromatic nitrogens is 3. The molecule has 1 amide bonds. The van der Waals surface area contributed by atoms with Crippen LogP contribution in [0.2, 0.25) is 0 Å². The Labute approximate surface area is 204 Å². The van der Waals surface area contributed by atoms with Crippen molar-refractivity contribution in [1.82, 2.24) is 19.7 Å². The van der Waals surface area contributed by atoms with E-state index < -0.39 is 0 Å². The van der Waals surface area contributed by atoms with Crippen molar-refractivity contribution in [2.75, 3.05) is 44.8 Å². The number of fused-ring (bicyclic) bond motifs is 1. The third kappa shape index (κ3) is 4.64. The minimum absolute atomic E-state index is 0.0355. The number of para-hydroxylation sites is 1. The van der Waals surface area contributed by atoms with E-state index in [9.17, 15) is 4.79 Å². The Balaban J connectivity index is 1.24. The highest BCUT2D eigenvalue weighted by Crippen LogP contribution is 2.27. The fraction of sp³-hybridized carbons (Fsp3) is 0.296. The molecule has 35 heavy (non-hydrogen) atoms. The molecule has 0 aliphatic carbocycles. The van der Waals surface area contributed by atoms with Crippen molar-refractivity contribution in [2.24, 2.45) is 0 Å². The predicted octanol–water partition coefficient (Wildman–Crippen LogP) is 3.77. The van der Waals surface area contributed by atoms with Crippen molar-refractivity contribution < 1.29 is 14.3 Å². The fourth-order valence-corrected chi connectivity index (χ4v) is 4.53. The average molecular weight is 472 g/mol. The minimum atomic E-state index is -0.0427. The molecule has 1 fully saturated rings. The van der Waals surface area contributed by atoms with E-state index in [0.717, 1.165) is 52.5 Å². The average Bonchev–Trinajstić information content (AvgIpc) is 3.24. The van der Waals surface area contributed by atoms with Crippen molar-refractivity contribution in [3.63, 3.8) is 0 Å². The summed E-state index contributed by atoms with van der Waals surface area (Å²) in [6.07, 6.45) is 0. The summed E-state index contributed by atoms with van der Waals surface area (Å²) in [5.41, 5.74) is 4.72. The molecule has 0 radical (unpaired) electrons. The molecule has 0 atom stereocenters. The van der Waals surface area contributed by atoms with Crippen LogP contribution in [0.25, 0.3) is 16.7 Å². The summed E-state index contributed by atoms with van der Waals surface area (Å²) in [6.45, 7) is 6.80. The molecular formula is C27H29N5O3. The second kappa shape index (κ2) is 9.66. The van der Waals surface area contributed by atoms with Gasteiger partial charge in [0.1, 0.15) is 5.75 Å². The molecule has 180 valence electrons. The van der Waals surface area contributed by atoms with E-state index in [2.05, 4.69) is 10.00 Å². The van der Waals surface area contributed by atoms with Crippen LogP contribution in [0.1, 0.15) is 11.3 Å². The van der Waals surface area contributed by atoms with E-state index in [-0.39, 0.29) is 12.5 Å². The lowest BCUT2D eigenvalue weighted by Crippen LogP contribution is -2.50. The number of anilines is 1. The number of nitrogens with zero attached hydrogens (tertiary/aromatic N) is 5. The number of pyridine rings is 1. The molecule has 8 nitrogen and oxygen atoms in total. The molecule has 4 aromatic rings. The molecule has 3 heterocycles. The number of carbonyl (C=O) groups is 1. The Morgan fingerprint density at radius 3 is 2.34 bits per heavy atom. The van der Waals surface area contributed by atoms with Gasteiger partial charge >= 0.3 is 0 Å². The van der Waals surface area contributed by atoms with Gasteiger partial charge in [-0.1, -0.05) is 18.2 Å². The molecule has 2 aromatic carbocycles. The fourth-order valence-electron chi connectivity index (χ4n) is 4.53. The normalized spacial score (nSPS) is 13.8. The molecule has 0 unspecified atom stereocenters. The molecule has 0 N–H and O–H groups in total. The first-order valence-electron chi connectivity index (χ1n) is 11.8. The van der Waals surface area contributed by atoms with Crippen LogP contribution in [0.15, 0.2) is 60.7 Å². The van der Waals surface area contributed by atoms with Gasteiger partial charge < -0.3 is 19.3 Å². The highest BCUT2D eigenvalue weighted by Gasteiger charge is 2.22. The van der Waals surface area contributed by atoms with Crippen molar-refractivity contribution in [3.8, 4) is 17.3 Å². The summed E-state index contributed by atoms with van der Waals surface area (Å²) < 4.78 is 12.9. The first-order chi connectivity index (χ1) is 17.0. The number of rotatable bonds is 6. The van der Waals surface area contributed by atoms with Crippen molar-refractivity contribution in [3.05, 3.63) is 71.9 Å². The first kappa shape index (κ1) is 22.7. The van der Waals surface area contributed by atoms with E-state index in [4.69, 9.17) is 14.5 Å². The van der Waals surface area contributed by atoms with Crippen LogP contribution in [0.5, 0.6) is 11.6 Å². The predicted molar refractivity (Wildman–Crippen MR) is 136 cm³/mol. The van der Waals surface area contributed by atoms with E-state index >= 15 is 0 Å². The SMILES string of the molecule is COc1ccc(N2CCN(C(=O)COc3cc(C)c4c(C)nn(-c5ccccc5)c4n3)CC2)cc1. The van der Waals surface area contributed by atoms with Gasteiger partial charge in [-0.3, -0.25) is 4.79 Å². The zero-order chi connectivity index (χ0) is 24.4. The summed E-state index contributed by atoms with van der Waals surface area (Å²) in [7, 11) is 1.66. The monoisotopic (exact) mass is 471 g/mol. The Morgan fingerprint density at radius 1 is 0.943 bits per heavy atom. The number of benzene rings is 2. The van der Waals surface area contributed by atoms with Crippen LogP contribution in [-0.4, -0.2) is 65.5 Å². The second-order valence-corrected chi connectivity index (χ2v) is 8.66. The standard InChI is InChI=1S/C27H29N5O3/c1-19-17-24(28-27-26(19)20(2)29-32(27)22-7-5-4-6-8-22)35-18-25(33)31-15-13-30(14-16-31)21-9-11-23(34-3)12-10-21/h4-12,17H,13-16,18H2,1-3H3. The molecular weight excluding hydrogens is 442 g/mol. The molecule has 1 saturated heterocycles. The summed E-state index contributed by atoms with van der Waals surface area (Å²) in [6, 6.07) is 19.8. The number of aryl methyl sites for hydroxylation is 2. The van der Waals surface area contributed by atoms with Crippen LogP contribution in [0.3, 0.4) is 0 Å². The maximum atomic E-state index is 12.9. The Hall–Kier alpha value is -4.07. The summed E-state index contributed by atoms with van der Waals surface area (Å²) in [5, 5.41) is 5.69. The lowest BCUT2D eigenvalue weighted by atomic mass is 10.2. The van der Waals surface area contributed by atoms with Gasteiger partial charge in [0.05, 0.1) is 18.5 Å². The number of amides is 1. The summed E-state index contributed by atoms with van der Waals surface area (Å²) in [5.74, 6) is 1.23. The zero-order valence-corrected chi connectivity index (χ0v) is 20.3. The van der Waals surface area contributed by atoms with Gasteiger partial charge in [0.25, 0.3) is 5.91 Å². The maximum absolute atomic E-state index is 12.9. The first-order valence-corrected chi connectivity index (χ1v) is 11.8. The number of methoxy groups -OCH3 is 1. The van der Waals surface area contributed by atoms with Gasteiger partial charge in [-0.2, -0.15) is 10.1 Å². The van der Waals surface area contributed by atoms with Gasteiger partial charge in [0, 0.05) is 43.3 Å². The largest absolute Gasteiger partial charge is 0.497 e. The third-order valence-electron chi connectivity index (χ3n) is 6.40. The number of hydrogen-bond donors (Lipinski definition) is 0. The van der Waals surface area contributed by atoms with Gasteiger partial charge in [0.2, 0.25) is 5.88 Å². The molecule has 2 aromatic heterocycles. The summed E-state index contributed by atoms with van der Waals surface area (Å²) in [4.78, 5) is 21.7. The molecule has 0 bridgehead atoms. The van der Waals surface area contributed by atoms with Crippen LogP contribution in [-0.2, 0) is 4.79 Å². The maximum Gasteiger partial charge on any atom is 0.260 e. The van der Waals surface area contributed by atoms with Crippen molar-refractivity contribution in [2.45, 2.75) is 13.8 Å². The van der Waals surface area contributed by atoms with E-state index in [1.54, 1.807) is 7.11 Å². The Morgan fingerprint density at radius 2 is 1.66 bits per heavy atom. The molecule has 0 saturated carbocycles. The zero-order valence-electron chi connectivity index (χ0n) is 20.3. The molecule has 1 aliphatic rings. The number of ether oxygens (including phenoxy) is 2. The van der Waals surface area contributed by atoms with Crippen LogP contribution >= 0.6 is 0 Å². The highest BCUT2D eigenvalue weighted by atomic mass is 16.5. The van der Waals surface area contributed by atoms with Crippen molar-refractivity contribution in [1.29, 1.82) is 0 Å². The highest BCUT2D eigenvalue weighted by molar-refractivity contribution is 5.84. The number of carbonyl (C=O) groups excluding carboxylic acids is 1. The quantitative estimate of drug-likeness (QED) is 0.426. The van der Waals surface area contributed by atoms with Gasteiger partial charge in [-0.05, 0) is 55.8 Å². The van der Waals surface area contributed by atoms with Gasteiger partial charge in [-0.15, -0.1) is 0 Å². The minimum Gasteiger partial charge on any atom is -0.497 e. The summed E-state index contributed by atoms with van der Waals surface area (Å²) >= 11 is 0. The lowest BCUT2D eigenvalue weighted by molar-refractivity contribution is -0.133.